The first-order valence-electron chi connectivity index (χ1n) is 6.67. The van der Waals surface area contributed by atoms with Gasteiger partial charge in [0, 0.05) is 29.4 Å². The van der Waals surface area contributed by atoms with E-state index in [0.29, 0.717) is 17.5 Å². The SMILES string of the molecule is Cc1csc(CNC(C)C)c1S(=O)(=O)NCc1cnc[nH]1. The maximum atomic E-state index is 12.5. The summed E-state index contributed by atoms with van der Waals surface area (Å²) in [5, 5.41) is 5.14. The predicted molar refractivity (Wildman–Crippen MR) is 83.6 cm³/mol. The molecule has 116 valence electrons. The van der Waals surface area contributed by atoms with Crippen LogP contribution in [0.2, 0.25) is 0 Å². The molecule has 21 heavy (non-hydrogen) atoms. The second-order valence-corrected chi connectivity index (χ2v) is 7.78. The summed E-state index contributed by atoms with van der Waals surface area (Å²) in [4.78, 5) is 7.97. The van der Waals surface area contributed by atoms with Gasteiger partial charge >= 0.3 is 0 Å². The van der Waals surface area contributed by atoms with Crippen LogP contribution in [0.4, 0.5) is 0 Å². The van der Waals surface area contributed by atoms with Crippen LogP contribution >= 0.6 is 11.3 Å². The molecule has 0 radical (unpaired) electrons. The normalized spacial score (nSPS) is 12.2. The summed E-state index contributed by atoms with van der Waals surface area (Å²) >= 11 is 1.47. The van der Waals surface area contributed by atoms with Crippen LogP contribution in [0, 0.1) is 6.92 Å². The topological polar surface area (TPSA) is 86.9 Å². The van der Waals surface area contributed by atoms with Gasteiger partial charge in [0.25, 0.3) is 0 Å². The lowest BCUT2D eigenvalue weighted by molar-refractivity contribution is 0.570. The summed E-state index contributed by atoms with van der Waals surface area (Å²) in [5.74, 6) is 0. The van der Waals surface area contributed by atoms with Gasteiger partial charge in [0.15, 0.2) is 0 Å². The van der Waals surface area contributed by atoms with Crippen molar-refractivity contribution in [1.29, 1.82) is 0 Å². The van der Waals surface area contributed by atoms with Crippen LogP contribution in [-0.4, -0.2) is 24.4 Å². The average molecular weight is 328 g/mol. The van der Waals surface area contributed by atoms with Crippen LogP contribution < -0.4 is 10.0 Å². The zero-order chi connectivity index (χ0) is 15.5. The number of nitrogens with one attached hydrogen (secondary N) is 3. The number of thiophene rings is 1. The molecule has 0 unspecified atom stereocenters. The quantitative estimate of drug-likeness (QED) is 0.723. The van der Waals surface area contributed by atoms with Gasteiger partial charge in [0.05, 0.1) is 12.9 Å². The monoisotopic (exact) mass is 328 g/mol. The summed E-state index contributed by atoms with van der Waals surface area (Å²) in [6, 6.07) is 0.306. The molecule has 0 bridgehead atoms. The van der Waals surface area contributed by atoms with E-state index in [1.165, 1.54) is 17.7 Å². The maximum Gasteiger partial charge on any atom is 0.242 e. The van der Waals surface area contributed by atoms with Crippen LogP contribution in [0.25, 0.3) is 0 Å². The van der Waals surface area contributed by atoms with Gasteiger partial charge in [-0.1, -0.05) is 13.8 Å². The molecule has 0 saturated heterocycles. The average Bonchev–Trinajstić information content (AvgIpc) is 3.03. The maximum absolute atomic E-state index is 12.5. The van der Waals surface area contributed by atoms with Gasteiger partial charge < -0.3 is 10.3 Å². The van der Waals surface area contributed by atoms with Crippen molar-refractivity contribution in [2.45, 2.75) is 44.8 Å². The molecular formula is C13H20N4O2S2. The summed E-state index contributed by atoms with van der Waals surface area (Å²) in [6.45, 7) is 6.64. The fraction of sp³-hybridized carbons (Fsp3) is 0.462. The number of aromatic nitrogens is 2. The molecule has 0 atom stereocenters. The molecule has 8 heteroatoms. The van der Waals surface area contributed by atoms with Crippen molar-refractivity contribution in [3.05, 3.63) is 34.0 Å². The molecule has 2 heterocycles. The molecule has 6 nitrogen and oxygen atoms in total. The van der Waals surface area contributed by atoms with Crippen molar-refractivity contribution in [1.82, 2.24) is 20.0 Å². The summed E-state index contributed by atoms with van der Waals surface area (Å²) in [6.07, 6.45) is 3.13. The Morgan fingerprint density at radius 3 is 2.76 bits per heavy atom. The van der Waals surface area contributed by atoms with E-state index in [2.05, 4.69) is 20.0 Å². The molecule has 2 aromatic rings. The number of sulfonamides is 1. The minimum absolute atomic E-state index is 0.203. The highest BCUT2D eigenvalue weighted by molar-refractivity contribution is 7.89. The van der Waals surface area contributed by atoms with E-state index >= 15 is 0 Å². The standard InChI is InChI=1S/C13H20N4O2S2/c1-9(2)15-6-12-13(10(3)7-20-12)21(18,19)17-5-11-4-14-8-16-11/h4,7-9,15,17H,5-6H2,1-3H3,(H,14,16). The number of rotatable bonds is 7. The molecule has 2 rings (SSSR count). The Labute approximate surface area is 129 Å². The van der Waals surface area contributed by atoms with Gasteiger partial charge in [-0.25, -0.2) is 18.1 Å². The van der Waals surface area contributed by atoms with Crippen LogP contribution in [0.3, 0.4) is 0 Å². The molecule has 0 aromatic carbocycles. The largest absolute Gasteiger partial charge is 0.347 e. The molecule has 3 N–H and O–H groups in total. The van der Waals surface area contributed by atoms with Crippen LogP contribution in [0.5, 0.6) is 0 Å². The number of hydrogen-bond acceptors (Lipinski definition) is 5. The van der Waals surface area contributed by atoms with Gasteiger partial charge in [-0.15, -0.1) is 11.3 Å². The molecular weight excluding hydrogens is 308 g/mol. The number of imidazole rings is 1. The van der Waals surface area contributed by atoms with E-state index in [4.69, 9.17) is 0 Å². The van der Waals surface area contributed by atoms with Crippen molar-refractivity contribution < 1.29 is 8.42 Å². The lowest BCUT2D eigenvalue weighted by atomic mass is 10.3. The Bertz CT molecular complexity index is 675. The summed E-state index contributed by atoms with van der Waals surface area (Å²) < 4.78 is 27.6. The van der Waals surface area contributed by atoms with E-state index < -0.39 is 10.0 Å². The fourth-order valence-electron chi connectivity index (χ4n) is 1.89. The fourth-order valence-corrected chi connectivity index (χ4v) is 4.66. The van der Waals surface area contributed by atoms with E-state index in [0.717, 1.165) is 16.1 Å². The van der Waals surface area contributed by atoms with Crippen LogP contribution in [0.15, 0.2) is 22.8 Å². The Hall–Kier alpha value is -1.22. The number of nitrogens with zero attached hydrogens (tertiary/aromatic N) is 1. The van der Waals surface area contributed by atoms with Crippen LogP contribution in [0.1, 0.15) is 30.0 Å². The highest BCUT2D eigenvalue weighted by Crippen LogP contribution is 2.26. The second kappa shape index (κ2) is 6.69. The minimum Gasteiger partial charge on any atom is -0.347 e. The third kappa shape index (κ3) is 4.13. The first-order valence-corrected chi connectivity index (χ1v) is 9.03. The van der Waals surface area contributed by atoms with Gasteiger partial charge in [-0.05, 0) is 17.9 Å². The molecule has 2 aromatic heterocycles. The predicted octanol–water partition coefficient (Wildman–Crippen LogP) is 1.76. The highest BCUT2D eigenvalue weighted by Gasteiger charge is 2.22. The van der Waals surface area contributed by atoms with Crippen molar-refractivity contribution in [3.63, 3.8) is 0 Å². The highest BCUT2D eigenvalue weighted by atomic mass is 32.2. The van der Waals surface area contributed by atoms with Crippen molar-refractivity contribution in [3.8, 4) is 0 Å². The number of hydrogen-bond donors (Lipinski definition) is 3. The van der Waals surface area contributed by atoms with E-state index in [9.17, 15) is 8.42 Å². The summed E-state index contributed by atoms with van der Waals surface area (Å²) in [7, 11) is -3.53. The first kappa shape index (κ1) is 16.2. The van der Waals surface area contributed by atoms with E-state index in [1.807, 2.05) is 26.2 Å². The molecule has 0 spiro atoms. The van der Waals surface area contributed by atoms with Gasteiger partial charge in [0.1, 0.15) is 4.90 Å². The Balaban J connectivity index is 2.16. The van der Waals surface area contributed by atoms with Crippen molar-refractivity contribution in [2.24, 2.45) is 0 Å². The summed E-state index contributed by atoms with van der Waals surface area (Å²) in [5.41, 5.74) is 1.51. The van der Waals surface area contributed by atoms with Gasteiger partial charge in [-0.3, -0.25) is 0 Å². The smallest absolute Gasteiger partial charge is 0.242 e. The number of aryl methyl sites for hydroxylation is 1. The lowest BCUT2D eigenvalue weighted by Crippen LogP contribution is -2.27. The molecule has 0 aliphatic heterocycles. The van der Waals surface area contributed by atoms with Crippen LogP contribution in [-0.2, 0) is 23.1 Å². The Morgan fingerprint density at radius 2 is 2.14 bits per heavy atom. The third-order valence-electron chi connectivity index (χ3n) is 2.94. The molecule has 0 saturated carbocycles. The van der Waals surface area contributed by atoms with Crippen molar-refractivity contribution >= 4 is 21.4 Å². The number of aromatic amines is 1. The molecule has 0 aliphatic carbocycles. The Kier molecular flexibility index (Phi) is 5.15. The molecule has 0 amide bonds. The number of H-pyrrole nitrogens is 1. The second-order valence-electron chi connectivity index (χ2n) is 5.11. The lowest BCUT2D eigenvalue weighted by Gasteiger charge is -2.11. The molecule has 0 aliphatic rings. The zero-order valence-corrected chi connectivity index (χ0v) is 13.9. The first-order chi connectivity index (χ1) is 9.90. The Morgan fingerprint density at radius 1 is 1.38 bits per heavy atom. The minimum atomic E-state index is -3.53. The van der Waals surface area contributed by atoms with Crippen molar-refractivity contribution in [2.75, 3.05) is 0 Å². The van der Waals surface area contributed by atoms with E-state index in [1.54, 1.807) is 6.20 Å². The zero-order valence-electron chi connectivity index (χ0n) is 12.3. The third-order valence-corrected chi connectivity index (χ3v) is 5.80. The van der Waals surface area contributed by atoms with Gasteiger partial charge in [-0.2, -0.15) is 0 Å². The van der Waals surface area contributed by atoms with E-state index in [-0.39, 0.29) is 6.54 Å². The van der Waals surface area contributed by atoms with Gasteiger partial charge in [0.2, 0.25) is 10.0 Å². The molecule has 0 fully saturated rings.